The highest BCUT2D eigenvalue weighted by Crippen LogP contribution is 2.17. The first-order valence-corrected chi connectivity index (χ1v) is 10.4. The van der Waals surface area contributed by atoms with Crippen LogP contribution in [0.2, 0.25) is 0 Å². The van der Waals surface area contributed by atoms with Gasteiger partial charge in [-0.3, -0.25) is 4.90 Å². The van der Waals surface area contributed by atoms with Crippen LogP contribution in [-0.4, -0.2) is 39.0 Å². The summed E-state index contributed by atoms with van der Waals surface area (Å²) >= 11 is 0. The van der Waals surface area contributed by atoms with E-state index in [9.17, 15) is 8.42 Å². The summed E-state index contributed by atoms with van der Waals surface area (Å²) in [6.45, 7) is 7.12. The van der Waals surface area contributed by atoms with Crippen molar-refractivity contribution in [3.63, 3.8) is 0 Å². The van der Waals surface area contributed by atoms with E-state index < -0.39 is 10.0 Å². The van der Waals surface area contributed by atoms with E-state index >= 15 is 0 Å². The van der Waals surface area contributed by atoms with Crippen LogP contribution in [0.25, 0.3) is 0 Å². The highest BCUT2D eigenvalue weighted by atomic mass is 32.2. The number of hydrogen-bond acceptors (Lipinski definition) is 3. The Morgan fingerprint density at radius 3 is 2.35 bits per heavy atom. The van der Waals surface area contributed by atoms with Gasteiger partial charge in [0.15, 0.2) is 0 Å². The van der Waals surface area contributed by atoms with Gasteiger partial charge in [0, 0.05) is 12.6 Å². The van der Waals surface area contributed by atoms with Gasteiger partial charge in [-0.2, -0.15) is 0 Å². The van der Waals surface area contributed by atoms with Gasteiger partial charge in [0.1, 0.15) is 0 Å². The smallest absolute Gasteiger partial charge is 0.215 e. The Morgan fingerprint density at radius 1 is 1.09 bits per heavy atom. The van der Waals surface area contributed by atoms with Crippen LogP contribution in [0.4, 0.5) is 0 Å². The molecule has 1 N–H and O–H groups in total. The van der Waals surface area contributed by atoms with Crippen LogP contribution in [-0.2, 0) is 15.8 Å². The molecule has 1 heterocycles. The van der Waals surface area contributed by atoms with Gasteiger partial charge in [0.05, 0.1) is 5.75 Å². The minimum absolute atomic E-state index is 0.0578. The zero-order valence-corrected chi connectivity index (χ0v) is 15.2. The second-order valence-corrected chi connectivity index (χ2v) is 8.78. The lowest BCUT2D eigenvalue weighted by Crippen LogP contribution is -2.46. The predicted molar refractivity (Wildman–Crippen MR) is 95.7 cm³/mol. The predicted octanol–water partition coefficient (Wildman–Crippen LogP) is 3.01. The van der Waals surface area contributed by atoms with Crippen molar-refractivity contribution < 1.29 is 8.42 Å². The SMILES string of the molecule is CC(C)CC(CNS(=O)(=O)Cc1ccccc1)N1CCCCC1. The van der Waals surface area contributed by atoms with Crippen LogP contribution in [0.3, 0.4) is 0 Å². The second kappa shape index (κ2) is 8.81. The molecule has 1 aromatic carbocycles. The van der Waals surface area contributed by atoms with Crippen LogP contribution in [0, 0.1) is 5.92 Å². The van der Waals surface area contributed by atoms with Crippen molar-refractivity contribution in [2.24, 2.45) is 5.92 Å². The van der Waals surface area contributed by atoms with Gasteiger partial charge in [0.2, 0.25) is 10.0 Å². The van der Waals surface area contributed by atoms with Crippen LogP contribution in [0.5, 0.6) is 0 Å². The summed E-state index contributed by atoms with van der Waals surface area (Å²) in [4.78, 5) is 2.47. The maximum atomic E-state index is 12.3. The van der Waals surface area contributed by atoms with Crippen LogP contribution < -0.4 is 4.72 Å². The molecule has 130 valence electrons. The molecule has 0 radical (unpaired) electrons. The molecule has 1 saturated heterocycles. The van der Waals surface area contributed by atoms with Crippen molar-refractivity contribution in [1.82, 2.24) is 9.62 Å². The first-order chi connectivity index (χ1) is 11.0. The van der Waals surface area contributed by atoms with Gasteiger partial charge in [-0.15, -0.1) is 0 Å². The Bertz CT molecular complexity index is 552. The summed E-state index contributed by atoms with van der Waals surface area (Å²) in [7, 11) is -3.28. The van der Waals surface area contributed by atoms with E-state index in [1.165, 1.54) is 19.3 Å². The topological polar surface area (TPSA) is 49.4 Å². The van der Waals surface area contributed by atoms with Crippen molar-refractivity contribution >= 4 is 10.0 Å². The van der Waals surface area contributed by atoms with Crippen molar-refractivity contribution in [3.05, 3.63) is 35.9 Å². The molecule has 0 bridgehead atoms. The lowest BCUT2D eigenvalue weighted by atomic mass is 10.00. The molecule has 23 heavy (non-hydrogen) atoms. The molecular formula is C18H30N2O2S. The third kappa shape index (κ3) is 6.61. The van der Waals surface area contributed by atoms with Crippen molar-refractivity contribution in [2.75, 3.05) is 19.6 Å². The molecule has 2 rings (SSSR count). The molecule has 0 saturated carbocycles. The molecule has 1 unspecified atom stereocenters. The maximum Gasteiger partial charge on any atom is 0.215 e. The normalized spacial score (nSPS) is 18.2. The summed E-state index contributed by atoms with van der Waals surface area (Å²) in [5.41, 5.74) is 0.832. The van der Waals surface area contributed by atoms with E-state index in [4.69, 9.17) is 0 Å². The lowest BCUT2D eigenvalue weighted by molar-refractivity contribution is 0.146. The molecular weight excluding hydrogens is 308 g/mol. The lowest BCUT2D eigenvalue weighted by Gasteiger charge is -2.35. The van der Waals surface area contributed by atoms with Crippen LogP contribution >= 0.6 is 0 Å². The molecule has 1 atom stereocenters. The zero-order chi connectivity index (χ0) is 16.7. The third-order valence-electron chi connectivity index (χ3n) is 4.39. The van der Waals surface area contributed by atoms with Crippen molar-refractivity contribution in [1.29, 1.82) is 0 Å². The fraction of sp³-hybridized carbons (Fsp3) is 0.667. The summed E-state index contributed by atoms with van der Waals surface area (Å²) in [5.74, 6) is 0.628. The molecule has 0 aromatic heterocycles. The summed E-state index contributed by atoms with van der Waals surface area (Å²) in [6.07, 6.45) is 4.79. The molecule has 4 nitrogen and oxygen atoms in total. The summed E-state index contributed by atoms with van der Waals surface area (Å²) in [6, 6.07) is 9.67. The Balaban J connectivity index is 1.93. The number of benzene rings is 1. The fourth-order valence-corrected chi connectivity index (χ4v) is 4.44. The zero-order valence-electron chi connectivity index (χ0n) is 14.4. The van der Waals surface area contributed by atoms with E-state index in [1.54, 1.807) is 0 Å². The number of likely N-dealkylation sites (tertiary alicyclic amines) is 1. The van der Waals surface area contributed by atoms with E-state index in [0.29, 0.717) is 18.5 Å². The van der Waals surface area contributed by atoms with Crippen LogP contribution in [0.15, 0.2) is 30.3 Å². The monoisotopic (exact) mass is 338 g/mol. The Kier molecular flexibility index (Phi) is 7.06. The van der Waals surface area contributed by atoms with Crippen molar-refractivity contribution in [3.8, 4) is 0 Å². The minimum atomic E-state index is -3.28. The molecule has 0 aliphatic carbocycles. The number of hydrogen-bond donors (Lipinski definition) is 1. The van der Waals surface area contributed by atoms with E-state index in [-0.39, 0.29) is 5.75 Å². The van der Waals surface area contributed by atoms with Gasteiger partial charge in [-0.1, -0.05) is 50.6 Å². The maximum absolute atomic E-state index is 12.3. The van der Waals surface area contributed by atoms with Crippen molar-refractivity contribution in [2.45, 2.75) is 51.3 Å². The molecule has 5 heteroatoms. The average Bonchev–Trinajstić information content (AvgIpc) is 2.52. The number of nitrogens with zero attached hydrogens (tertiary/aromatic N) is 1. The average molecular weight is 339 g/mol. The number of nitrogens with one attached hydrogen (secondary N) is 1. The molecule has 0 amide bonds. The van der Waals surface area contributed by atoms with Gasteiger partial charge in [-0.25, -0.2) is 13.1 Å². The second-order valence-electron chi connectivity index (χ2n) is 6.97. The standard InChI is InChI=1S/C18H30N2O2S/c1-16(2)13-18(20-11-7-4-8-12-20)14-19-23(21,22)15-17-9-5-3-6-10-17/h3,5-6,9-10,16,18-19H,4,7-8,11-15H2,1-2H3. The Hall–Kier alpha value is -0.910. The van der Waals surface area contributed by atoms with Gasteiger partial charge in [0.25, 0.3) is 0 Å². The highest BCUT2D eigenvalue weighted by molar-refractivity contribution is 7.88. The van der Waals surface area contributed by atoms with Gasteiger partial charge in [-0.05, 0) is 43.8 Å². The number of piperidine rings is 1. The van der Waals surface area contributed by atoms with E-state index in [0.717, 1.165) is 25.1 Å². The minimum Gasteiger partial charge on any atom is -0.299 e. The molecule has 1 aliphatic heterocycles. The summed E-state index contributed by atoms with van der Waals surface area (Å²) in [5, 5.41) is 0. The number of sulfonamides is 1. The first-order valence-electron chi connectivity index (χ1n) is 8.71. The van der Waals surface area contributed by atoms with Gasteiger partial charge < -0.3 is 0 Å². The number of rotatable bonds is 8. The Labute approximate surface area is 141 Å². The fourth-order valence-electron chi connectivity index (χ4n) is 3.26. The molecule has 1 aromatic rings. The highest BCUT2D eigenvalue weighted by Gasteiger charge is 2.23. The van der Waals surface area contributed by atoms with E-state index in [2.05, 4.69) is 23.5 Å². The third-order valence-corrected chi connectivity index (χ3v) is 5.71. The molecule has 0 spiro atoms. The summed E-state index contributed by atoms with van der Waals surface area (Å²) < 4.78 is 27.5. The van der Waals surface area contributed by atoms with Gasteiger partial charge >= 0.3 is 0 Å². The quantitative estimate of drug-likeness (QED) is 0.793. The van der Waals surface area contributed by atoms with E-state index in [1.807, 2.05) is 30.3 Å². The van der Waals surface area contributed by atoms with Crippen LogP contribution in [0.1, 0.15) is 45.1 Å². The molecule has 1 fully saturated rings. The molecule has 1 aliphatic rings. The first kappa shape index (κ1) is 18.4. The Morgan fingerprint density at radius 2 is 1.74 bits per heavy atom. The largest absolute Gasteiger partial charge is 0.299 e.